The standard InChI is InChI=1S/C11H13FO4S/c12-7-2-1-6(3-10(14)15)8(4-7)11(16)9(13)5-17/h1-2,4,9,11,13,16-17H,3,5H2,(H,14,15). The maximum Gasteiger partial charge on any atom is 0.307 e. The Morgan fingerprint density at radius 1 is 1.41 bits per heavy atom. The van der Waals surface area contributed by atoms with E-state index in [9.17, 15) is 19.4 Å². The molecule has 2 atom stereocenters. The van der Waals surface area contributed by atoms with Crippen molar-refractivity contribution in [2.24, 2.45) is 0 Å². The summed E-state index contributed by atoms with van der Waals surface area (Å²) in [5.74, 6) is -1.70. The number of aliphatic hydroxyl groups excluding tert-OH is 2. The van der Waals surface area contributed by atoms with Crippen molar-refractivity contribution in [1.82, 2.24) is 0 Å². The van der Waals surface area contributed by atoms with Crippen molar-refractivity contribution >= 4 is 18.6 Å². The SMILES string of the molecule is O=C(O)Cc1ccc(F)cc1C(O)C(O)CS. The topological polar surface area (TPSA) is 77.8 Å². The predicted molar refractivity (Wildman–Crippen MR) is 62.6 cm³/mol. The van der Waals surface area contributed by atoms with E-state index in [1.54, 1.807) is 0 Å². The number of carboxylic acids is 1. The van der Waals surface area contributed by atoms with Gasteiger partial charge in [-0.2, -0.15) is 12.6 Å². The van der Waals surface area contributed by atoms with Gasteiger partial charge in [0.25, 0.3) is 0 Å². The number of aliphatic carboxylic acids is 1. The highest BCUT2D eigenvalue weighted by atomic mass is 32.1. The van der Waals surface area contributed by atoms with E-state index in [0.717, 1.165) is 12.1 Å². The van der Waals surface area contributed by atoms with E-state index in [1.807, 2.05) is 0 Å². The van der Waals surface area contributed by atoms with Gasteiger partial charge in [-0.3, -0.25) is 4.79 Å². The lowest BCUT2D eigenvalue weighted by Crippen LogP contribution is -2.21. The molecule has 0 radical (unpaired) electrons. The van der Waals surface area contributed by atoms with Gasteiger partial charge >= 0.3 is 5.97 Å². The normalized spacial score (nSPS) is 14.4. The summed E-state index contributed by atoms with van der Waals surface area (Å²) in [5.41, 5.74) is 0.348. The first-order valence-electron chi connectivity index (χ1n) is 4.92. The van der Waals surface area contributed by atoms with Crippen molar-refractivity contribution in [3.63, 3.8) is 0 Å². The Hall–Kier alpha value is -1.11. The fraction of sp³-hybridized carbons (Fsp3) is 0.364. The third-order valence-corrected chi connectivity index (χ3v) is 2.69. The van der Waals surface area contributed by atoms with E-state index >= 15 is 0 Å². The molecule has 94 valence electrons. The average molecular weight is 260 g/mol. The highest BCUT2D eigenvalue weighted by Crippen LogP contribution is 2.23. The van der Waals surface area contributed by atoms with Gasteiger partial charge in [-0.05, 0) is 23.3 Å². The zero-order valence-corrected chi connectivity index (χ0v) is 9.77. The van der Waals surface area contributed by atoms with Crippen LogP contribution in [-0.4, -0.2) is 33.1 Å². The molecule has 0 spiro atoms. The lowest BCUT2D eigenvalue weighted by molar-refractivity contribution is -0.136. The van der Waals surface area contributed by atoms with Gasteiger partial charge in [0.05, 0.1) is 12.5 Å². The minimum absolute atomic E-state index is 0.00973. The van der Waals surface area contributed by atoms with Crippen LogP contribution in [0.5, 0.6) is 0 Å². The van der Waals surface area contributed by atoms with Crippen LogP contribution in [0.1, 0.15) is 17.2 Å². The Balaban J connectivity index is 3.10. The number of thiol groups is 1. The average Bonchev–Trinajstić information content (AvgIpc) is 2.29. The zero-order valence-electron chi connectivity index (χ0n) is 8.88. The second kappa shape index (κ2) is 6.00. The van der Waals surface area contributed by atoms with Gasteiger partial charge in [-0.15, -0.1) is 0 Å². The largest absolute Gasteiger partial charge is 0.481 e. The van der Waals surface area contributed by atoms with Crippen LogP contribution in [0.25, 0.3) is 0 Å². The molecule has 0 aliphatic carbocycles. The lowest BCUT2D eigenvalue weighted by atomic mass is 9.97. The van der Waals surface area contributed by atoms with Crippen molar-refractivity contribution in [2.45, 2.75) is 18.6 Å². The summed E-state index contributed by atoms with van der Waals surface area (Å²) in [6.45, 7) is 0. The van der Waals surface area contributed by atoms with Gasteiger partial charge < -0.3 is 15.3 Å². The van der Waals surface area contributed by atoms with Crippen molar-refractivity contribution in [1.29, 1.82) is 0 Å². The molecule has 0 bridgehead atoms. The van der Waals surface area contributed by atoms with Crippen LogP contribution in [0, 0.1) is 5.82 Å². The summed E-state index contributed by atoms with van der Waals surface area (Å²) in [4.78, 5) is 10.6. The molecule has 0 aromatic heterocycles. The van der Waals surface area contributed by atoms with Gasteiger partial charge in [-0.25, -0.2) is 4.39 Å². The predicted octanol–water partition coefficient (Wildman–Crippen LogP) is 0.777. The minimum Gasteiger partial charge on any atom is -0.481 e. The third kappa shape index (κ3) is 3.69. The van der Waals surface area contributed by atoms with Gasteiger partial charge in [0.2, 0.25) is 0 Å². The highest BCUT2D eigenvalue weighted by molar-refractivity contribution is 7.80. The highest BCUT2D eigenvalue weighted by Gasteiger charge is 2.21. The Kier molecular flexibility index (Phi) is 4.92. The molecule has 4 nitrogen and oxygen atoms in total. The lowest BCUT2D eigenvalue weighted by Gasteiger charge is -2.19. The van der Waals surface area contributed by atoms with Crippen LogP contribution in [-0.2, 0) is 11.2 Å². The van der Waals surface area contributed by atoms with Crippen LogP contribution in [0.2, 0.25) is 0 Å². The summed E-state index contributed by atoms with van der Waals surface area (Å²) in [5, 5.41) is 27.9. The van der Waals surface area contributed by atoms with Crippen LogP contribution in [0.15, 0.2) is 18.2 Å². The molecular formula is C11H13FO4S. The zero-order chi connectivity index (χ0) is 13.0. The van der Waals surface area contributed by atoms with Gasteiger partial charge in [0.15, 0.2) is 0 Å². The third-order valence-electron chi connectivity index (χ3n) is 2.32. The Bertz CT molecular complexity index is 410. The second-order valence-electron chi connectivity index (χ2n) is 3.61. The van der Waals surface area contributed by atoms with Gasteiger partial charge in [0.1, 0.15) is 11.9 Å². The van der Waals surface area contributed by atoms with E-state index in [2.05, 4.69) is 12.6 Å². The molecule has 0 saturated carbocycles. The first kappa shape index (κ1) is 14.0. The first-order valence-corrected chi connectivity index (χ1v) is 5.56. The molecule has 0 amide bonds. The summed E-state index contributed by atoms with van der Waals surface area (Å²) in [6, 6.07) is 3.42. The van der Waals surface area contributed by atoms with Gasteiger partial charge in [-0.1, -0.05) is 6.07 Å². The van der Waals surface area contributed by atoms with Crippen LogP contribution in [0.4, 0.5) is 4.39 Å². The number of rotatable bonds is 5. The van der Waals surface area contributed by atoms with Crippen LogP contribution >= 0.6 is 12.6 Å². The number of hydrogen-bond donors (Lipinski definition) is 4. The number of benzene rings is 1. The molecule has 6 heteroatoms. The van der Waals surface area contributed by atoms with E-state index in [-0.39, 0.29) is 23.3 Å². The van der Waals surface area contributed by atoms with E-state index in [0.29, 0.717) is 0 Å². The Morgan fingerprint density at radius 3 is 2.59 bits per heavy atom. The number of aliphatic hydroxyl groups is 2. The van der Waals surface area contributed by atoms with Crippen molar-refractivity contribution < 1.29 is 24.5 Å². The molecule has 0 saturated heterocycles. The van der Waals surface area contributed by atoms with Crippen LogP contribution < -0.4 is 0 Å². The van der Waals surface area contributed by atoms with Crippen molar-refractivity contribution in [2.75, 3.05) is 5.75 Å². The first-order chi connectivity index (χ1) is 7.95. The molecule has 3 N–H and O–H groups in total. The Morgan fingerprint density at radius 2 is 2.06 bits per heavy atom. The summed E-state index contributed by atoms with van der Waals surface area (Å²) in [6.07, 6.45) is -2.86. The molecule has 17 heavy (non-hydrogen) atoms. The number of halogens is 1. The molecule has 0 aliphatic rings. The summed E-state index contributed by atoms with van der Waals surface area (Å²) in [7, 11) is 0. The fourth-order valence-corrected chi connectivity index (χ4v) is 1.67. The molecule has 1 aromatic carbocycles. The molecule has 0 heterocycles. The number of carbonyl (C=O) groups is 1. The summed E-state index contributed by atoms with van der Waals surface area (Å²) >= 11 is 3.82. The monoisotopic (exact) mass is 260 g/mol. The molecule has 0 fully saturated rings. The number of carboxylic acid groups (broad SMARTS) is 1. The summed E-state index contributed by atoms with van der Waals surface area (Å²) < 4.78 is 13.1. The quantitative estimate of drug-likeness (QED) is 0.590. The van der Waals surface area contributed by atoms with Gasteiger partial charge in [0, 0.05) is 5.75 Å². The molecule has 1 rings (SSSR count). The Labute approximate surface area is 103 Å². The maximum absolute atomic E-state index is 13.1. The maximum atomic E-state index is 13.1. The number of hydrogen-bond acceptors (Lipinski definition) is 4. The molecule has 1 aromatic rings. The van der Waals surface area contributed by atoms with Crippen molar-refractivity contribution in [3.05, 3.63) is 35.1 Å². The van der Waals surface area contributed by atoms with E-state index in [4.69, 9.17) is 5.11 Å². The second-order valence-corrected chi connectivity index (χ2v) is 3.97. The minimum atomic E-state index is -1.35. The molecule has 2 unspecified atom stereocenters. The van der Waals surface area contributed by atoms with Crippen LogP contribution in [0.3, 0.4) is 0 Å². The van der Waals surface area contributed by atoms with Crippen molar-refractivity contribution in [3.8, 4) is 0 Å². The van der Waals surface area contributed by atoms with E-state index in [1.165, 1.54) is 6.07 Å². The smallest absolute Gasteiger partial charge is 0.307 e. The molecular weight excluding hydrogens is 247 g/mol. The van der Waals surface area contributed by atoms with E-state index < -0.39 is 24.0 Å². The molecule has 0 aliphatic heterocycles. The fourth-order valence-electron chi connectivity index (χ4n) is 1.47.